The Hall–Kier alpha value is -2.73. The van der Waals surface area contributed by atoms with Gasteiger partial charge in [-0.3, -0.25) is 9.78 Å². The van der Waals surface area contributed by atoms with Crippen LogP contribution in [0.15, 0.2) is 48.8 Å². The molecule has 6 heteroatoms. The third kappa shape index (κ3) is 5.12. The first kappa shape index (κ1) is 17.1. The van der Waals surface area contributed by atoms with Crippen LogP contribution in [-0.4, -0.2) is 30.1 Å². The number of halogens is 1. The van der Waals surface area contributed by atoms with Crippen LogP contribution in [0.3, 0.4) is 0 Å². The molecule has 1 aromatic carbocycles. The summed E-state index contributed by atoms with van der Waals surface area (Å²) in [5, 5.41) is 5.69. The molecular formula is C19H20FN3O2. The number of benzene rings is 1. The van der Waals surface area contributed by atoms with E-state index in [1.165, 1.54) is 12.1 Å². The van der Waals surface area contributed by atoms with Crippen molar-refractivity contribution >= 4 is 23.4 Å². The molecule has 1 aliphatic rings. The molecule has 1 saturated heterocycles. The quantitative estimate of drug-likeness (QED) is 0.790. The molecule has 2 heterocycles. The Morgan fingerprint density at radius 2 is 2.32 bits per heavy atom. The van der Waals surface area contributed by atoms with Gasteiger partial charge in [-0.05, 0) is 48.7 Å². The highest BCUT2D eigenvalue weighted by Crippen LogP contribution is 2.20. The Morgan fingerprint density at radius 1 is 1.40 bits per heavy atom. The highest BCUT2D eigenvalue weighted by atomic mass is 19.1. The van der Waals surface area contributed by atoms with E-state index in [-0.39, 0.29) is 12.0 Å². The lowest BCUT2D eigenvalue weighted by atomic mass is 10.2. The fourth-order valence-electron chi connectivity index (χ4n) is 2.60. The minimum Gasteiger partial charge on any atom is -0.380 e. The summed E-state index contributed by atoms with van der Waals surface area (Å²) in [6.07, 6.45) is 8.52. The van der Waals surface area contributed by atoms with E-state index >= 15 is 0 Å². The minimum atomic E-state index is -0.410. The zero-order chi connectivity index (χ0) is 17.5. The van der Waals surface area contributed by atoms with E-state index in [9.17, 15) is 9.18 Å². The number of ether oxygens (including phenoxy) is 1. The van der Waals surface area contributed by atoms with Crippen LogP contribution in [0.4, 0.5) is 15.8 Å². The van der Waals surface area contributed by atoms with Gasteiger partial charge in [0.15, 0.2) is 0 Å². The Labute approximate surface area is 145 Å². The monoisotopic (exact) mass is 341 g/mol. The standard InChI is InChI=1S/C19H20FN3O2/c20-17-11-15(6-7-18(17)22-13-16-4-2-10-25-16)23-19(24)8-5-14-3-1-9-21-12-14/h1,3,5-9,11-12,16,22H,2,4,10,13H2,(H,23,24). The zero-order valence-electron chi connectivity index (χ0n) is 13.7. The summed E-state index contributed by atoms with van der Waals surface area (Å²) in [6.45, 7) is 1.35. The lowest BCUT2D eigenvalue weighted by Gasteiger charge is -2.13. The molecule has 130 valence electrons. The molecule has 0 bridgehead atoms. The van der Waals surface area contributed by atoms with Gasteiger partial charge in [-0.25, -0.2) is 4.39 Å². The molecule has 1 amide bonds. The number of aromatic nitrogens is 1. The number of hydrogen-bond donors (Lipinski definition) is 2. The number of carbonyl (C=O) groups excluding carboxylic acids is 1. The number of rotatable bonds is 6. The van der Waals surface area contributed by atoms with Crippen LogP contribution in [-0.2, 0) is 9.53 Å². The molecule has 1 atom stereocenters. The van der Waals surface area contributed by atoms with E-state index in [4.69, 9.17) is 4.74 Å². The third-order valence-electron chi connectivity index (χ3n) is 3.89. The highest BCUT2D eigenvalue weighted by Gasteiger charge is 2.15. The topological polar surface area (TPSA) is 63.2 Å². The Kier molecular flexibility index (Phi) is 5.74. The van der Waals surface area contributed by atoms with Crippen molar-refractivity contribution in [1.29, 1.82) is 0 Å². The van der Waals surface area contributed by atoms with E-state index in [1.807, 2.05) is 6.07 Å². The van der Waals surface area contributed by atoms with E-state index in [0.717, 1.165) is 25.0 Å². The van der Waals surface area contributed by atoms with E-state index in [0.29, 0.717) is 17.9 Å². The van der Waals surface area contributed by atoms with E-state index in [1.54, 1.807) is 36.7 Å². The molecule has 3 rings (SSSR count). The average Bonchev–Trinajstić information content (AvgIpc) is 3.14. The first-order valence-electron chi connectivity index (χ1n) is 8.25. The van der Waals surface area contributed by atoms with Crippen LogP contribution in [0.2, 0.25) is 0 Å². The van der Waals surface area contributed by atoms with Gasteiger partial charge in [0, 0.05) is 37.3 Å². The van der Waals surface area contributed by atoms with Crippen molar-refractivity contribution in [3.05, 3.63) is 60.2 Å². The van der Waals surface area contributed by atoms with Gasteiger partial charge in [0.2, 0.25) is 5.91 Å². The van der Waals surface area contributed by atoms with Crippen molar-refractivity contribution in [3.8, 4) is 0 Å². The number of nitrogens with one attached hydrogen (secondary N) is 2. The number of nitrogens with zero attached hydrogens (tertiary/aromatic N) is 1. The lowest BCUT2D eigenvalue weighted by molar-refractivity contribution is -0.111. The Balaban J connectivity index is 1.54. The van der Waals surface area contributed by atoms with Gasteiger partial charge in [-0.1, -0.05) is 6.07 Å². The van der Waals surface area contributed by atoms with Gasteiger partial charge in [-0.2, -0.15) is 0 Å². The third-order valence-corrected chi connectivity index (χ3v) is 3.89. The second kappa shape index (κ2) is 8.39. The summed E-state index contributed by atoms with van der Waals surface area (Å²) in [4.78, 5) is 15.9. The Bertz CT molecular complexity index is 744. The molecular weight excluding hydrogens is 321 g/mol. The van der Waals surface area contributed by atoms with Crippen molar-refractivity contribution < 1.29 is 13.9 Å². The normalized spacial score (nSPS) is 16.9. The number of hydrogen-bond acceptors (Lipinski definition) is 4. The van der Waals surface area contributed by atoms with Crippen LogP contribution < -0.4 is 10.6 Å². The lowest BCUT2D eigenvalue weighted by Crippen LogP contribution is -2.19. The van der Waals surface area contributed by atoms with Gasteiger partial charge in [0.05, 0.1) is 11.8 Å². The second-order valence-electron chi connectivity index (χ2n) is 5.82. The van der Waals surface area contributed by atoms with Crippen LogP contribution in [0.1, 0.15) is 18.4 Å². The summed E-state index contributed by atoms with van der Waals surface area (Å²) >= 11 is 0. The molecule has 2 N–H and O–H groups in total. The maximum Gasteiger partial charge on any atom is 0.248 e. The summed E-state index contributed by atoms with van der Waals surface area (Å²) in [5.41, 5.74) is 1.62. The first-order valence-corrected chi connectivity index (χ1v) is 8.25. The molecule has 0 spiro atoms. The average molecular weight is 341 g/mol. The highest BCUT2D eigenvalue weighted by molar-refractivity contribution is 6.01. The fraction of sp³-hybridized carbons (Fsp3) is 0.263. The fourth-order valence-corrected chi connectivity index (χ4v) is 2.60. The summed E-state index contributed by atoms with van der Waals surface area (Å²) < 4.78 is 19.6. The molecule has 5 nitrogen and oxygen atoms in total. The molecule has 2 aromatic rings. The second-order valence-corrected chi connectivity index (χ2v) is 5.82. The van der Waals surface area contributed by atoms with Crippen LogP contribution in [0.5, 0.6) is 0 Å². The predicted molar refractivity (Wildman–Crippen MR) is 95.8 cm³/mol. The predicted octanol–water partition coefficient (Wildman–Crippen LogP) is 3.46. The molecule has 0 aliphatic carbocycles. The number of amides is 1. The van der Waals surface area contributed by atoms with Gasteiger partial charge in [-0.15, -0.1) is 0 Å². The molecule has 0 radical (unpaired) electrons. The number of carbonyl (C=O) groups is 1. The zero-order valence-corrected chi connectivity index (χ0v) is 13.7. The summed E-state index contributed by atoms with van der Waals surface area (Å²) in [7, 11) is 0. The maximum absolute atomic E-state index is 14.1. The minimum absolute atomic E-state index is 0.136. The van der Waals surface area contributed by atoms with Crippen molar-refractivity contribution in [1.82, 2.24) is 4.98 Å². The number of anilines is 2. The van der Waals surface area contributed by atoms with Gasteiger partial charge in [0.1, 0.15) is 5.82 Å². The van der Waals surface area contributed by atoms with Crippen molar-refractivity contribution in [2.24, 2.45) is 0 Å². The maximum atomic E-state index is 14.1. The van der Waals surface area contributed by atoms with Gasteiger partial charge < -0.3 is 15.4 Å². The van der Waals surface area contributed by atoms with Crippen molar-refractivity contribution in [2.75, 3.05) is 23.8 Å². The van der Waals surface area contributed by atoms with Crippen LogP contribution in [0, 0.1) is 5.82 Å². The van der Waals surface area contributed by atoms with Crippen molar-refractivity contribution in [3.63, 3.8) is 0 Å². The van der Waals surface area contributed by atoms with Crippen LogP contribution >= 0.6 is 0 Å². The molecule has 1 unspecified atom stereocenters. The van der Waals surface area contributed by atoms with E-state index < -0.39 is 5.82 Å². The Morgan fingerprint density at radius 3 is 3.04 bits per heavy atom. The molecule has 1 fully saturated rings. The van der Waals surface area contributed by atoms with Crippen LogP contribution in [0.25, 0.3) is 6.08 Å². The van der Waals surface area contributed by atoms with Gasteiger partial charge in [0.25, 0.3) is 0 Å². The molecule has 1 aliphatic heterocycles. The summed E-state index contributed by atoms with van der Waals surface area (Å²) in [5.74, 6) is -0.740. The molecule has 0 saturated carbocycles. The molecule has 1 aromatic heterocycles. The van der Waals surface area contributed by atoms with E-state index in [2.05, 4.69) is 15.6 Å². The molecule has 25 heavy (non-hydrogen) atoms. The van der Waals surface area contributed by atoms with Crippen molar-refractivity contribution in [2.45, 2.75) is 18.9 Å². The van der Waals surface area contributed by atoms with Gasteiger partial charge >= 0.3 is 0 Å². The first-order chi connectivity index (χ1) is 12.2. The largest absolute Gasteiger partial charge is 0.380 e. The summed E-state index contributed by atoms with van der Waals surface area (Å²) in [6, 6.07) is 8.20. The number of pyridine rings is 1. The SMILES string of the molecule is O=C(C=Cc1cccnc1)Nc1ccc(NCC2CCCO2)c(F)c1. The smallest absolute Gasteiger partial charge is 0.248 e.